The summed E-state index contributed by atoms with van der Waals surface area (Å²) in [6.07, 6.45) is 3.54. The number of nitrogens with one attached hydrogen (secondary N) is 2. The van der Waals surface area contributed by atoms with Gasteiger partial charge in [-0.15, -0.1) is 0 Å². The van der Waals surface area contributed by atoms with E-state index in [0.717, 1.165) is 55.4 Å². The van der Waals surface area contributed by atoms with Crippen molar-refractivity contribution in [3.05, 3.63) is 39.3 Å². The van der Waals surface area contributed by atoms with E-state index in [1.807, 2.05) is 29.8 Å². The predicted octanol–water partition coefficient (Wildman–Crippen LogP) is 3.11. The molecule has 0 radical (unpaired) electrons. The van der Waals surface area contributed by atoms with Gasteiger partial charge in [0.15, 0.2) is 0 Å². The van der Waals surface area contributed by atoms with Crippen LogP contribution in [0.2, 0.25) is 5.02 Å². The van der Waals surface area contributed by atoms with Crippen LogP contribution in [0.4, 0.5) is 0 Å². The molecule has 3 aromatic rings. The standard InChI is InChI=1S/C19H25ClN4O2/c1-21-9-5-10-24-16-8-7-13(20)12-14(16)18-17(19(24)25)15(22-23-18)6-3-4-11-26-2/h7-8,12,21H,3-6,9-11H2,1-2H3,(H,22,23). The van der Waals surface area contributed by atoms with E-state index in [-0.39, 0.29) is 5.56 Å². The van der Waals surface area contributed by atoms with E-state index in [1.165, 1.54) is 0 Å². The minimum atomic E-state index is 0.0152. The number of methoxy groups -OCH3 is 1. The molecule has 0 saturated heterocycles. The van der Waals surface area contributed by atoms with Gasteiger partial charge in [-0.05, 0) is 57.5 Å². The lowest BCUT2D eigenvalue weighted by atomic mass is 10.1. The van der Waals surface area contributed by atoms with Crippen LogP contribution in [-0.2, 0) is 17.7 Å². The normalized spacial score (nSPS) is 11.7. The summed E-state index contributed by atoms with van der Waals surface area (Å²) in [5.74, 6) is 0. The lowest BCUT2D eigenvalue weighted by Crippen LogP contribution is -2.23. The van der Waals surface area contributed by atoms with E-state index in [1.54, 1.807) is 7.11 Å². The first kappa shape index (κ1) is 18.9. The number of benzene rings is 1. The van der Waals surface area contributed by atoms with Crippen LogP contribution in [0.3, 0.4) is 0 Å². The van der Waals surface area contributed by atoms with E-state index >= 15 is 0 Å². The number of nitrogens with zero attached hydrogens (tertiary/aromatic N) is 2. The van der Waals surface area contributed by atoms with Crippen LogP contribution in [-0.4, -0.2) is 42.1 Å². The van der Waals surface area contributed by atoms with Gasteiger partial charge < -0.3 is 14.6 Å². The number of fused-ring (bicyclic) bond motifs is 3. The number of aryl methyl sites for hydroxylation is 2. The fourth-order valence-corrected chi connectivity index (χ4v) is 3.52. The molecular formula is C19H25ClN4O2. The molecule has 140 valence electrons. The topological polar surface area (TPSA) is 71.9 Å². The number of pyridine rings is 1. The Labute approximate surface area is 157 Å². The highest BCUT2D eigenvalue weighted by Crippen LogP contribution is 2.26. The maximum absolute atomic E-state index is 13.2. The lowest BCUT2D eigenvalue weighted by molar-refractivity contribution is 0.193. The van der Waals surface area contributed by atoms with E-state index < -0.39 is 0 Å². The summed E-state index contributed by atoms with van der Waals surface area (Å²) in [5.41, 5.74) is 2.49. The average Bonchev–Trinajstić information content (AvgIpc) is 3.06. The zero-order valence-electron chi connectivity index (χ0n) is 15.3. The number of rotatable bonds is 9. The molecule has 0 atom stereocenters. The van der Waals surface area contributed by atoms with Crippen LogP contribution < -0.4 is 10.9 Å². The third-order valence-corrected chi connectivity index (χ3v) is 4.87. The maximum atomic E-state index is 13.2. The molecule has 3 rings (SSSR count). The van der Waals surface area contributed by atoms with Crippen LogP contribution in [0.15, 0.2) is 23.0 Å². The molecule has 0 fully saturated rings. The molecule has 1 aromatic carbocycles. The predicted molar refractivity (Wildman–Crippen MR) is 106 cm³/mol. The van der Waals surface area contributed by atoms with Gasteiger partial charge in [0, 0.05) is 36.4 Å². The summed E-state index contributed by atoms with van der Waals surface area (Å²) in [6, 6.07) is 5.62. The second-order valence-corrected chi connectivity index (χ2v) is 6.89. The van der Waals surface area contributed by atoms with Crippen LogP contribution in [0.1, 0.15) is 25.0 Å². The van der Waals surface area contributed by atoms with Crippen molar-refractivity contribution in [1.82, 2.24) is 20.1 Å². The molecule has 0 aliphatic heterocycles. The summed E-state index contributed by atoms with van der Waals surface area (Å²) in [4.78, 5) is 13.2. The first-order valence-corrected chi connectivity index (χ1v) is 9.37. The summed E-state index contributed by atoms with van der Waals surface area (Å²) in [6.45, 7) is 2.23. The Balaban J connectivity index is 2.10. The van der Waals surface area contributed by atoms with Crippen molar-refractivity contribution in [3.63, 3.8) is 0 Å². The van der Waals surface area contributed by atoms with Crippen molar-refractivity contribution in [3.8, 4) is 0 Å². The Hall–Kier alpha value is -1.89. The minimum Gasteiger partial charge on any atom is -0.385 e. The van der Waals surface area contributed by atoms with Crippen LogP contribution in [0, 0.1) is 0 Å². The summed E-state index contributed by atoms with van der Waals surface area (Å²) >= 11 is 6.21. The third kappa shape index (κ3) is 3.77. The Kier molecular flexibility index (Phi) is 6.29. The molecule has 26 heavy (non-hydrogen) atoms. The summed E-state index contributed by atoms with van der Waals surface area (Å²) < 4.78 is 6.95. The van der Waals surface area contributed by atoms with Crippen molar-refractivity contribution in [2.24, 2.45) is 0 Å². The zero-order chi connectivity index (χ0) is 18.5. The number of unbranched alkanes of at least 4 members (excludes halogenated alkanes) is 1. The van der Waals surface area contributed by atoms with E-state index in [4.69, 9.17) is 16.3 Å². The van der Waals surface area contributed by atoms with Gasteiger partial charge in [0.25, 0.3) is 5.56 Å². The van der Waals surface area contributed by atoms with Gasteiger partial charge in [0.1, 0.15) is 5.52 Å². The van der Waals surface area contributed by atoms with Gasteiger partial charge in [0.2, 0.25) is 0 Å². The summed E-state index contributed by atoms with van der Waals surface area (Å²) in [5, 5.41) is 12.9. The number of hydrogen-bond acceptors (Lipinski definition) is 4. The van der Waals surface area contributed by atoms with Crippen molar-refractivity contribution >= 4 is 33.4 Å². The number of aromatic nitrogens is 3. The van der Waals surface area contributed by atoms with Crippen molar-refractivity contribution in [2.75, 3.05) is 27.3 Å². The molecule has 2 aromatic heterocycles. The van der Waals surface area contributed by atoms with Gasteiger partial charge in [0.05, 0.1) is 10.9 Å². The van der Waals surface area contributed by atoms with Gasteiger partial charge >= 0.3 is 0 Å². The van der Waals surface area contributed by atoms with Crippen molar-refractivity contribution in [2.45, 2.75) is 32.2 Å². The third-order valence-electron chi connectivity index (χ3n) is 4.64. The molecule has 0 saturated carbocycles. The minimum absolute atomic E-state index is 0.0152. The van der Waals surface area contributed by atoms with Crippen LogP contribution in [0.5, 0.6) is 0 Å². The molecule has 2 N–H and O–H groups in total. The van der Waals surface area contributed by atoms with Gasteiger partial charge in [-0.3, -0.25) is 9.89 Å². The second kappa shape index (κ2) is 8.66. The Morgan fingerprint density at radius 2 is 2.15 bits per heavy atom. The van der Waals surface area contributed by atoms with Gasteiger partial charge in [-0.1, -0.05) is 11.6 Å². The van der Waals surface area contributed by atoms with Crippen LogP contribution >= 0.6 is 11.6 Å². The largest absolute Gasteiger partial charge is 0.385 e. The molecule has 2 heterocycles. The fraction of sp³-hybridized carbons (Fsp3) is 0.474. The molecule has 0 aliphatic rings. The Morgan fingerprint density at radius 3 is 2.92 bits per heavy atom. The number of ether oxygens (including phenoxy) is 1. The van der Waals surface area contributed by atoms with E-state index in [2.05, 4.69) is 15.5 Å². The molecule has 7 heteroatoms. The molecular weight excluding hydrogens is 352 g/mol. The number of halogens is 1. The maximum Gasteiger partial charge on any atom is 0.262 e. The lowest BCUT2D eigenvalue weighted by Gasteiger charge is -2.12. The highest BCUT2D eigenvalue weighted by Gasteiger charge is 2.17. The monoisotopic (exact) mass is 376 g/mol. The number of hydrogen-bond donors (Lipinski definition) is 2. The molecule has 0 bridgehead atoms. The quantitative estimate of drug-likeness (QED) is 0.563. The number of aromatic amines is 1. The highest BCUT2D eigenvalue weighted by atomic mass is 35.5. The molecule has 0 amide bonds. The first-order chi connectivity index (χ1) is 12.7. The first-order valence-electron chi connectivity index (χ1n) is 9.00. The highest BCUT2D eigenvalue weighted by molar-refractivity contribution is 6.31. The zero-order valence-corrected chi connectivity index (χ0v) is 16.0. The molecule has 0 spiro atoms. The van der Waals surface area contributed by atoms with Crippen molar-refractivity contribution in [1.29, 1.82) is 0 Å². The van der Waals surface area contributed by atoms with E-state index in [0.29, 0.717) is 22.5 Å². The van der Waals surface area contributed by atoms with Gasteiger partial charge in [-0.2, -0.15) is 5.10 Å². The Bertz CT molecular complexity index is 948. The summed E-state index contributed by atoms with van der Waals surface area (Å²) in [7, 11) is 3.61. The Morgan fingerprint density at radius 1 is 1.31 bits per heavy atom. The second-order valence-electron chi connectivity index (χ2n) is 6.45. The smallest absolute Gasteiger partial charge is 0.262 e. The van der Waals surface area contributed by atoms with Crippen LogP contribution in [0.25, 0.3) is 21.8 Å². The average molecular weight is 377 g/mol. The molecule has 0 aliphatic carbocycles. The van der Waals surface area contributed by atoms with Gasteiger partial charge in [-0.25, -0.2) is 0 Å². The van der Waals surface area contributed by atoms with Crippen molar-refractivity contribution < 1.29 is 4.74 Å². The SMILES string of the molecule is CNCCCn1c(=O)c2c(CCCCOC)[nH]nc2c2cc(Cl)ccc21. The fourth-order valence-electron chi connectivity index (χ4n) is 3.35. The number of H-pyrrole nitrogens is 1. The molecule has 0 unspecified atom stereocenters. The van der Waals surface area contributed by atoms with E-state index in [9.17, 15) is 4.79 Å². The molecule has 6 nitrogen and oxygen atoms in total.